The lowest BCUT2D eigenvalue weighted by atomic mass is 10.0. The van der Waals surface area contributed by atoms with Crippen molar-refractivity contribution in [2.24, 2.45) is 0 Å². The summed E-state index contributed by atoms with van der Waals surface area (Å²) in [6.45, 7) is 2.10. The minimum absolute atomic E-state index is 0.177. The third kappa shape index (κ3) is 3.12. The minimum Gasteiger partial charge on any atom is -0.378 e. The monoisotopic (exact) mass is 402 g/mol. The maximum absolute atomic E-state index is 13.3. The van der Waals surface area contributed by atoms with Gasteiger partial charge in [0.05, 0.1) is 34.5 Å². The summed E-state index contributed by atoms with van der Waals surface area (Å²) in [5.74, 6) is -0.804. The van der Waals surface area contributed by atoms with Gasteiger partial charge >= 0.3 is 0 Å². The molecule has 2 amide bonds. The van der Waals surface area contributed by atoms with Crippen molar-refractivity contribution in [2.45, 2.75) is 0 Å². The van der Waals surface area contributed by atoms with Crippen molar-refractivity contribution in [3.05, 3.63) is 69.8 Å². The summed E-state index contributed by atoms with van der Waals surface area (Å²) in [6.07, 6.45) is 0. The van der Waals surface area contributed by atoms with Crippen LogP contribution in [0.3, 0.4) is 0 Å². The average molecular weight is 403 g/mol. The van der Waals surface area contributed by atoms with Crippen LogP contribution in [-0.2, 0) is 14.3 Å². The van der Waals surface area contributed by atoms with Gasteiger partial charge in [0.25, 0.3) is 11.8 Å². The zero-order valence-electron chi connectivity index (χ0n) is 14.3. The fraction of sp³-hybridized carbons (Fsp3) is 0.200. The van der Waals surface area contributed by atoms with Crippen LogP contribution in [0.15, 0.2) is 54.2 Å². The molecule has 1 fully saturated rings. The highest BCUT2D eigenvalue weighted by molar-refractivity contribution is 6.49. The number of carbonyl (C=O) groups excluding carboxylic acids is 2. The van der Waals surface area contributed by atoms with E-state index >= 15 is 0 Å². The number of hydrogen-bond donors (Lipinski definition) is 0. The SMILES string of the molecule is O=C1C(c2ccccc2)=C(N2CCOCC2)C(=O)N1c1cccc(Cl)c1Cl. The van der Waals surface area contributed by atoms with Crippen molar-refractivity contribution in [3.63, 3.8) is 0 Å². The quantitative estimate of drug-likeness (QED) is 0.735. The first kappa shape index (κ1) is 18.0. The van der Waals surface area contributed by atoms with E-state index in [9.17, 15) is 9.59 Å². The van der Waals surface area contributed by atoms with E-state index in [-0.39, 0.29) is 15.7 Å². The molecule has 0 spiro atoms. The maximum atomic E-state index is 13.3. The Hall–Kier alpha value is -2.34. The van der Waals surface area contributed by atoms with Crippen LogP contribution in [-0.4, -0.2) is 43.0 Å². The molecule has 0 bridgehead atoms. The second kappa shape index (κ2) is 7.35. The predicted molar refractivity (Wildman–Crippen MR) is 105 cm³/mol. The summed E-state index contributed by atoms with van der Waals surface area (Å²) in [7, 11) is 0. The number of anilines is 1. The number of imide groups is 1. The molecule has 0 aliphatic carbocycles. The van der Waals surface area contributed by atoms with Crippen molar-refractivity contribution in [2.75, 3.05) is 31.2 Å². The Morgan fingerprint density at radius 3 is 2.26 bits per heavy atom. The van der Waals surface area contributed by atoms with E-state index in [1.54, 1.807) is 18.2 Å². The number of hydrogen-bond acceptors (Lipinski definition) is 4. The summed E-state index contributed by atoms with van der Waals surface area (Å²) in [4.78, 5) is 29.7. The molecule has 7 heteroatoms. The molecule has 2 aromatic carbocycles. The lowest BCUT2D eigenvalue weighted by molar-refractivity contribution is -0.121. The highest BCUT2D eigenvalue weighted by atomic mass is 35.5. The number of nitrogens with zero attached hydrogens (tertiary/aromatic N) is 2. The molecular formula is C20H16Cl2N2O3. The van der Waals surface area contributed by atoms with Gasteiger partial charge in [-0.25, -0.2) is 4.90 Å². The molecule has 4 rings (SSSR count). The lowest BCUT2D eigenvalue weighted by Crippen LogP contribution is -2.40. The second-order valence-electron chi connectivity index (χ2n) is 6.21. The normalized spacial score (nSPS) is 17.9. The van der Waals surface area contributed by atoms with E-state index in [2.05, 4.69) is 0 Å². The van der Waals surface area contributed by atoms with Gasteiger partial charge in [-0.15, -0.1) is 0 Å². The molecule has 0 unspecified atom stereocenters. The molecular weight excluding hydrogens is 387 g/mol. The standard InChI is InChI=1S/C20H16Cl2N2O3/c21-14-7-4-8-15(17(14)22)24-19(25)16(13-5-2-1-3-6-13)18(20(24)26)23-9-11-27-12-10-23/h1-8H,9-12H2. The van der Waals surface area contributed by atoms with Crippen molar-refractivity contribution >= 4 is 46.3 Å². The molecule has 27 heavy (non-hydrogen) atoms. The second-order valence-corrected chi connectivity index (χ2v) is 6.99. The fourth-order valence-corrected chi connectivity index (χ4v) is 3.73. The number of halogens is 2. The van der Waals surface area contributed by atoms with Crippen LogP contribution in [0, 0.1) is 0 Å². The van der Waals surface area contributed by atoms with Gasteiger partial charge in [0, 0.05) is 13.1 Å². The van der Waals surface area contributed by atoms with E-state index in [0.717, 1.165) is 4.90 Å². The molecule has 0 N–H and O–H groups in total. The van der Waals surface area contributed by atoms with Gasteiger partial charge < -0.3 is 9.64 Å². The van der Waals surface area contributed by atoms with E-state index < -0.39 is 11.8 Å². The smallest absolute Gasteiger partial charge is 0.282 e. The van der Waals surface area contributed by atoms with Crippen molar-refractivity contribution < 1.29 is 14.3 Å². The third-order valence-corrected chi connectivity index (χ3v) is 5.43. The Morgan fingerprint density at radius 1 is 0.852 bits per heavy atom. The number of carbonyl (C=O) groups is 2. The molecule has 0 radical (unpaired) electrons. The average Bonchev–Trinajstić information content (AvgIpc) is 2.96. The highest BCUT2D eigenvalue weighted by Gasteiger charge is 2.43. The van der Waals surface area contributed by atoms with E-state index in [1.165, 1.54) is 0 Å². The van der Waals surface area contributed by atoms with E-state index in [0.29, 0.717) is 43.1 Å². The molecule has 1 saturated heterocycles. The zero-order chi connectivity index (χ0) is 19.0. The number of ether oxygens (including phenoxy) is 1. The molecule has 0 saturated carbocycles. The summed E-state index contributed by atoms with van der Waals surface area (Å²) in [5, 5.41) is 0.465. The van der Waals surface area contributed by atoms with Gasteiger partial charge in [-0.1, -0.05) is 59.6 Å². The summed E-state index contributed by atoms with van der Waals surface area (Å²) >= 11 is 12.4. The van der Waals surface area contributed by atoms with Gasteiger partial charge in [0.15, 0.2) is 0 Å². The number of amides is 2. The van der Waals surface area contributed by atoms with Crippen molar-refractivity contribution in [1.29, 1.82) is 0 Å². The van der Waals surface area contributed by atoms with E-state index in [4.69, 9.17) is 27.9 Å². The van der Waals surface area contributed by atoms with Crippen LogP contribution in [0.4, 0.5) is 5.69 Å². The van der Waals surface area contributed by atoms with Crippen LogP contribution in [0.25, 0.3) is 5.57 Å². The Bertz CT molecular complexity index is 937. The molecule has 2 aromatic rings. The van der Waals surface area contributed by atoms with E-state index in [1.807, 2.05) is 35.2 Å². The summed E-state index contributed by atoms with van der Waals surface area (Å²) < 4.78 is 5.40. The van der Waals surface area contributed by atoms with Gasteiger partial charge in [-0.05, 0) is 17.7 Å². The Labute approximate surface area is 166 Å². The molecule has 0 aromatic heterocycles. The van der Waals surface area contributed by atoms with Crippen LogP contribution in [0.5, 0.6) is 0 Å². The van der Waals surface area contributed by atoms with Crippen LogP contribution in [0.1, 0.15) is 5.56 Å². The Kier molecular flexibility index (Phi) is 4.91. The van der Waals surface area contributed by atoms with Gasteiger partial charge in [0.1, 0.15) is 5.70 Å². The zero-order valence-corrected chi connectivity index (χ0v) is 15.8. The molecule has 0 atom stereocenters. The van der Waals surface area contributed by atoms with Gasteiger partial charge in [0.2, 0.25) is 0 Å². The Morgan fingerprint density at radius 2 is 1.56 bits per heavy atom. The fourth-order valence-electron chi connectivity index (χ4n) is 3.35. The van der Waals surface area contributed by atoms with Crippen molar-refractivity contribution in [1.82, 2.24) is 4.90 Å². The third-order valence-electron chi connectivity index (χ3n) is 4.62. The summed E-state index contributed by atoms with van der Waals surface area (Å²) in [6, 6.07) is 14.1. The number of benzene rings is 2. The minimum atomic E-state index is -0.406. The van der Waals surface area contributed by atoms with Gasteiger partial charge in [-0.3, -0.25) is 9.59 Å². The first-order valence-corrected chi connectivity index (χ1v) is 9.30. The molecule has 2 heterocycles. The molecule has 2 aliphatic heterocycles. The van der Waals surface area contributed by atoms with Gasteiger partial charge in [-0.2, -0.15) is 0 Å². The topological polar surface area (TPSA) is 49.9 Å². The van der Waals surface area contributed by atoms with Crippen molar-refractivity contribution in [3.8, 4) is 0 Å². The van der Waals surface area contributed by atoms with Crippen LogP contribution in [0.2, 0.25) is 10.0 Å². The van der Waals surface area contributed by atoms with Crippen LogP contribution >= 0.6 is 23.2 Å². The highest BCUT2D eigenvalue weighted by Crippen LogP contribution is 2.39. The maximum Gasteiger partial charge on any atom is 0.282 e. The van der Waals surface area contributed by atoms with Crippen LogP contribution < -0.4 is 4.90 Å². The predicted octanol–water partition coefficient (Wildman–Crippen LogP) is 3.61. The Balaban J connectivity index is 1.85. The number of morpholine rings is 1. The largest absolute Gasteiger partial charge is 0.378 e. The first-order valence-electron chi connectivity index (χ1n) is 8.55. The number of rotatable bonds is 3. The molecule has 2 aliphatic rings. The first-order chi connectivity index (χ1) is 13.1. The molecule has 138 valence electrons. The summed E-state index contributed by atoms with van der Waals surface area (Å²) in [5.41, 5.74) is 1.73. The lowest BCUT2D eigenvalue weighted by Gasteiger charge is -2.29. The molecule has 5 nitrogen and oxygen atoms in total.